The molecule has 0 unspecified atom stereocenters. The molecule has 0 aromatic heterocycles. The van der Waals surface area contributed by atoms with Crippen molar-refractivity contribution in [1.82, 2.24) is 0 Å². The van der Waals surface area contributed by atoms with Gasteiger partial charge >= 0.3 is 0 Å². The molecule has 2 aromatic rings. The van der Waals surface area contributed by atoms with Gasteiger partial charge in [-0.3, -0.25) is 4.79 Å². The van der Waals surface area contributed by atoms with Crippen LogP contribution in [-0.2, 0) is 0 Å². The maximum absolute atomic E-state index is 13.7. The second-order valence-corrected chi connectivity index (χ2v) is 5.30. The second kappa shape index (κ2) is 6.22. The molecule has 0 spiro atoms. The van der Waals surface area contributed by atoms with E-state index in [-0.39, 0.29) is 10.0 Å². The number of carbonyl (C=O) groups excluding carboxylic acids is 1. The van der Waals surface area contributed by atoms with E-state index in [2.05, 4.69) is 21.2 Å². The molecule has 21 heavy (non-hydrogen) atoms. The lowest BCUT2D eigenvalue weighted by molar-refractivity contribution is 0.102. The Morgan fingerprint density at radius 3 is 2.38 bits per heavy atom. The van der Waals surface area contributed by atoms with Crippen LogP contribution in [0.1, 0.15) is 15.9 Å². The van der Waals surface area contributed by atoms with Crippen LogP contribution in [0.3, 0.4) is 0 Å². The largest absolute Gasteiger partial charge is 0.496 e. The first-order valence-corrected chi connectivity index (χ1v) is 6.82. The molecule has 0 bridgehead atoms. The zero-order valence-corrected chi connectivity index (χ0v) is 12.9. The molecule has 0 saturated heterocycles. The Bertz CT molecular complexity index is 681. The van der Waals surface area contributed by atoms with Crippen LogP contribution in [0, 0.1) is 18.6 Å². The number of ether oxygens (including phenoxy) is 1. The SMILES string of the molecule is COc1cc(C(=O)Nc2c(F)cc(Br)cc2F)ccc1C. The molecule has 2 rings (SSSR count). The van der Waals surface area contributed by atoms with Crippen LogP contribution >= 0.6 is 15.9 Å². The Balaban J connectivity index is 2.30. The number of methoxy groups -OCH3 is 1. The number of rotatable bonds is 3. The Labute approximate surface area is 129 Å². The van der Waals surface area contributed by atoms with Crippen LogP contribution in [0.15, 0.2) is 34.8 Å². The number of anilines is 1. The Hall–Kier alpha value is -1.95. The number of amides is 1. The van der Waals surface area contributed by atoms with E-state index < -0.39 is 23.2 Å². The van der Waals surface area contributed by atoms with Crippen molar-refractivity contribution in [1.29, 1.82) is 0 Å². The first-order chi connectivity index (χ1) is 9.92. The van der Waals surface area contributed by atoms with E-state index in [1.807, 2.05) is 6.92 Å². The van der Waals surface area contributed by atoms with Crippen molar-refractivity contribution in [2.75, 3.05) is 12.4 Å². The fourth-order valence-corrected chi connectivity index (χ4v) is 2.21. The first kappa shape index (κ1) is 15.4. The standard InChI is InChI=1S/C15H12BrF2NO2/c1-8-3-4-9(5-13(8)21-2)15(20)19-14-11(17)6-10(16)7-12(14)18/h3-7H,1-2H3,(H,19,20). The van der Waals surface area contributed by atoms with E-state index >= 15 is 0 Å². The summed E-state index contributed by atoms with van der Waals surface area (Å²) >= 11 is 2.98. The van der Waals surface area contributed by atoms with E-state index in [1.165, 1.54) is 13.2 Å². The zero-order chi connectivity index (χ0) is 15.6. The molecule has 0 fully saturated rings. The van der Waals surface area contributed by atoms with Gasteiger partial charge in [-0.25, -0.2) is 8.78 Å². The predicted octanol–water partition coefficient (Wildman–Crippen LogP) is 4.30. The number of hydrogen-bond acceptors (Lipinski definition) is 2. The van der Waals surface area contributed by atoms with Gasteiger partial charge in [0.05, 0.1) is 7.11 Å². The summed E-state index contributed by atoms with van der Waals surface area (Å²) in [5, 5.41) is 2.23. The van der Waals surface area contributed by atoms with E-state index in [1.54, 1.807) is 12.1 Å². The van der Waals surface area contributed by atoms with Gasteiger partial charge in [-0.05, 0) is 36.8 Å². The number of carbonyl (C=O) groups is 1. The first-order valence-electron chi connectivity index (χ1n) is 6.03. The molecule has 0 saturated carbocycles. The van der Waals surface area contributed by atoms with Gasteiger partial charge < -0.3 is 10.1 Å². The summed E-state index contributed by atoms with van der Waals surface area (Å²) in [6.45, 7) is 1.83. The summed E-state index contributed by atoms with van der Waals surface area (Å²) in [6.07, 6.45) is 0. The van der Waals surface area contributed by atoms with Gasteiger partial charge in [0.2, 0.25) is 0 Å². The molecule has 0 atom stereocenters. The fraction of sp³-hybridized carbons (Fsp3) is 0.133. The second-order valence-electron chi connectivity index (χ2n) is 4.38. The van der Waals surface area contributed by atoms with Gasteiger partial charge in [0.15, 0.2) is 11.6 Å². The van der Waals surface area contributed by atoms with E-state index in [4.69, 9.17) is 4.74 Å². The third kappa shape index (κ3) is 3.39. The summed E-state index contributed by atoms with van der Waals surface area (Å²) in [5.41, 5.74) is 0.622. The quantitative estimate of drug-likeness (QED) is 0.891. The highest BCUT2D eigenvalue weighted by molar-refractivity contribution is 9.10. The maximum Gasteiger partial charge on any atom is 0.255 e. The molecule has 0 aliphatic carbocycles. The molecular formula is C15H12BrF2NO2. The Morgan fingerprint density at radius 1 is 1.19 bits per heavy atom. The van der Waals surface area contributed by atoms with Crippen molar-refractivity contribution in [3.05, 3.63) is 57.6 Å². The molecule has 0 aliphatic heterocycles. The van der Waals surface area contributed by atoms with Gasteiger partial charge in [-0.15, -0.1) is 0 Å². The topological polar surface area (TPSA) is 38.3 Å². The molecule has 0 aliphatic rings. The molecule has 3 nitrogen and oxygen atoms in total. The minimum absolute atomic E-state index is 0.249. The van der Waals surface area contributed by atoms with Crippen LogP contribution in [0.4, 0.5) is 14.5 Å². The van der Waals surface area contributed by atoms with Crippen molar-refractivity contribution >= 4 is 27.5 Å². The van der Waals surface area contributed by atoms with Gasteiger partial charge in [0.25, 0.3) is 5.91 Å². The third-order valence-corrected chi connectivity index (χ3v) is 3.37. The molecule has 6 heteroatoms. The number of halogens is 3. The van der Waals surface area contributed by atoms with E-state index in [0.717, 1.165) is 17.7 Å². The molecular weight excluding hydrogens is 344 g/mol. The molecule has 0 radical (unpaired) electrons. The third-order valence-electron chi connectivity index (χ3n) is 2.92. The highest BCUT2D eigenvalue weighted by Crippen LogP contribution is 2.25. The lowest BCUT2D eigenvalue weighted by Gasteiger charge is -2.10. The van der Waals surface area contributed by atoms with Gasteiger partial charge in [-0.2, -0.15) is 0 Å². The zero-order valence-electron chi connectivity index (χ0n) is 11.3. The van der Waals surface area contributed by atoms with Crippen LogP contribution in [0.2, 0.25) is 0 Å². The van der Waals surface area contributed by atoms with Crippen molar-refractivity contribution in [3.63, 3.8) is 0 Å². The van der Waals surface area contributed by atoms with Crippen molar-refractivity contribution in [2.45, 2.75) is 6.92 Å². The average molecular weight is 356 g/mol. The molecule has 2 aromatic carbocycles. The predicted molar refractivity (Wildman–Crippen MR) is 79.7 cm³/mol. The summed E-state index contributed by atoms with van der Waals surface area (Å²) in [7, 11) is 1.48. The fourth-order valence-electron chi connectivity index (χ4n) is 1.81. The lowest BCUT2D eigenvalue weighted by Crippen LogP contribution is -2.14. The lowest BCUT2D eigenvalue weighted by atomic mass is 10.1. The summed E-state index contributed by atoms with van der Waals surface area (Å²) in [5.74, 6) is -1.79. The summed E-state index contributed by atoms with van der Waals surface area (Å²) < 4.78 is 32.7. The summed E-state index contributed by atoms with van der Waals surface area (Å²) in [6, 6.07) is 6.92. The summed E-state index contributed by atoms with van der Waals surface area (Å²) in [4.78, 5) is 12.1. The van der Waals surface area contributed by atoms with Crippen LogP contribution in [0.5, 0.6) is 5.75 Å². The minimum atomic E-state index is -0.852. The number of aryl methyl sites for hydroxylation is 1. The molecule has 110 valence electrons. The van der Waals surface area contributed by atoms with Crippen molar-refractivity contribution in [3.8, 4) is 5.75 Å². The van der Waals surface area contributed by atoms with Crippen LogP contribution in [0.25, 0.3) is 0 Å². The molecule has 0 heterocycles. The molecule has 1 amide bonds. The highest BCUT2D eigenvalue weighted by atomic mass is 79.9. The van der Waals surface area contributed by atoms with Crippen LogP contribution in [-0.4, -0.2) is 13.0 Å². The maximum atomic E-state index is 13.7. The minimum Gasteiger partial charge on any atom is -0.496 e. The van der Waals surface area contributed by atoms with Gasteiger partial charge in [0.1, 0.15) is 11.4 Å². The van der Waals surface area contributed by atoms with Gasteiger partial charge in [-0.1, -0.05) is 22.0 Å². The van der Waals surface area contributed by atoms with Crippen molar-refractivity contribution in [2.24, 2.45) is 0 Å². The molecule has 1 N–H and O–H groups in total. The van der Waals surface area contributed by atoms with Gasteiger partial charge in [0, 0.05) is 10.0 Å². The smallest absolute Gasteiger partial charge is 0.255 e. The van der Waals surface area contributed by atoms with Crippen molar-refractivity contribution < 1.29 is 18.3 Å². The normalized spacial score (nSPS) is 10.3. The van der Waals surface area contributed by atoms with E-state index in [9.17, 15) is 13.6 Å². The number of benzene rings is 2. The Kier molecular flexibility index (Phi) is 4.57. The Morgan fingerprint density at radius 2 is 1.81 bits per heavy atom. The average Bonchev–Trinajstić information content (AvgIpc) is 2.43. The monoisotopic (exact) mass is 355 g/mol. The highest BCUT2D eigenvalue weighted by Gasteiger charge is 2.15. The number of hydrogen-bond donors (Lipinski definition) is 1. The van der Waals surface area contributed by atoms with E-state index in [0.29, 0.717) is 5.75 Å². The number of nitrogens with one attached hydrogen (secondary N) is 1. The van der Waals surface area contributed by atoms with Crippen LogP contribution < -0.4 is 10.1 Å².